The molecule has 6 rings (SSSR count). The number of nitrogens with zero attached hydrogens (tertiary/aromatic N) is 4. The first-order valence-corrected chi connectivity index (χ1v) is 14.2. The Kier molecular flexibility index (Phi) is 6.19. The zero-order valence-corrected chi connectivity index (χ0v) is 21.1. The van der Waals surface area contributed by atoms with E-state index in [1.54, 1.807) is 0 Å². The average molecular weight is 493 g/mol. The Bertz CT molecular complexity index is 1480. The van der Waals surface area contributed by atoms with Crippen molar-refractivity contribution in [3.8, 4) is 22.3 Å². The van der Waals surface area contributed by atoms with Crippen molar-refractivity contribution in [2.75, 3.05) is 0 Å². The van der Waals surface area contributed by atoms with Crippen molar-refractivity contribution in [2.45, 2.75) is 0 Å². The van der Waals surface area contributed by atoms with Gasteiger partial charge in [0.2, 0.25) is 8.07 Å². The fourth-order valence-corrected chi connectivity index (χ4v) is 9.98. The van der Waals surface area contributed by atoms with Crippen LogP contribution in [0, 0.1) is 0 Å². The van der Waals surface area contributed by atoms with Crippen LogP contribution >= 0.6 is 0 Å². The van der Waals surface area contributed by atoms with Crippen LogP contribution in [0.3, 0.4) is 0 Å². The lowest BCUT2D eigenvalue weighted by Crippen LogP contribution is -2.77. The van der Waals surface area contributed by atoms with Crippen LogP contribution in [0.15, 0.2) is 146 Å². The minimum absolute atomic E-state index is 1.05. The van der Waals surface area contributed by atoms with Gasteiger partial charge in [-0.3, -0.25) is 19.9 Å². The summed E-state index contributed by atoms with van der Waals surface area (Å²) in [6, 6.07) is 38.1. The third kappa shape index (κ3) is 4.05. The summed E-state index contributed by atoms with van der Waals surface area (Å²) in [7, 11) is -3.02. The molecule has 0 N–H and O–H groups in total. The molecule has 0 unspecified atom stereocenters. The smallest absolute Gasteiger partial charge is 0.224 e. The van der Waals surface area contributed by atoms with Gasteiger partial charge in [-0.25, -0.2) is 0 Å². The van der Waals surface area contributed by atoms with E-state index in [4.69, 9.17) is 9.97 Å². The Morgan fingerprint density at radius 2 is 0.784 bits per heavy atom. The van der Waals surface area contributed by atoms with Gasteiger partial charge in [0.25, 0.3) is 0 Å². The number of hydrogen-bond acceptors (Lipinski definition) is 4. The average Bonchev–Trinajstić information content (AvgIpc) is 3.00. The highest BCUT2D eigenvalue weighted by Gasteiger charge is 2.47. The highest BCUT2D eigenvalue weighted by molar-refractivity contribution is 7.20. The maximum Gasteiger partial charge on any atom is 0.224 e. The lowest BCUT2D eigenvalue weighted by molar-refractivity contribution is 1.31. The molecular formula is C32H24N4Si. The molecule has 0 spiro atoms. The minimum atomic E-state index is -3.02. The molecule has 0 saturated heterocycles. The predicted molar refractivity (Wildman–Crippen MR) is 152 cm³/mol. The summed E-state index contributed by atoms with van der Waals surface area (Å²) in [5.74, 6) is 0. The molecule has 6 aromatic rings. The summed E-state index contributed by atoms with van der Waals surface area (Å²) >= 11 is 0. The molecular weight excluding hydrogens is 468 g/mol. The summed E-state index contributed by atoms with van der Waals surface area (Å²) in [5, 5.41) is 4.55. The normalized spacial score (nSPS) is 11.2. The van der Waals surface area contributed by atoms with Gasteiger partial charge in [0.05, 0.1) is 0 Å². The summed E-state index contributed by atoms with van der Waals surface area (Å²) in [6.45, 7) is 0. The number of hydrogen-bond donors (Lipinski definition) is 0. The van der Waals surface area contributed by atoms with Crippen molar-refractivity contribution in [1.82, 2.24) is 19.9 Å². The van der Waals surface area contributed by atoms with Gasteiger partial charge in [0.15, 0.2) is 0 Å². The third-order valence-electron chi connectivity index (χ3n) is 6.72. The molecule has 4 aromatic heterocycles. The first-order valence-electron chi connectivity index (χ1n) is 12.2. The summed E-state index contributed by atoms with van der Waals surface area (Å²) in [6.07, 6.45) is 11.2. The Labute approximate surface area is 217 Å². The van der Waals surface area contributed by atoms with Crippen molar-refractivity contribution in [2.24, 2.45) is 0 Å². The zero-order chi connectivity index (χ0) is 24.9. The molecule has 0 fully saturated rings. The molecule has 0 aliphatic heterocycles. The molecule has 176 valence electrons. The van der Waals surface area contributed by atoms with Gasteiger partial charge in [-0.05, 0) is 57.9 Å². The SMILES string of the molecule is c1ccc([Si](c2ccccc2)(c2ncccc2-c2ccncc2)c2ncccc2-c2ccncc2)cc1. The van der Waals surface area contributed by atoms with Gasteiger partial charge in [-0.2, -0.15) is 0 Å². The monoisotopic (exact) mass is 492 g/mol. The molecule has 0 atom stereocenters. The van der Waals surface area contributed by atoms with E-state index in [-0.39, 0.29) is 0 Å². The van der Waals surface area contributed by atoms with Gasteiger partial charge >= 0.3 is 0 Å². The summed E-state index contributed by atoms with van der Waals surface area (Å²) in [4.78, 5) is 18.9. The predicted octanol–water partition coefficient (Wildman–Crippen LogP) is 3.98. The van der Waals surface area contributed by atoms with E-state index in [0.717, 1.165) is 32.9 Å². The maximum absolute atomic E-state index is 5.18. The number of pyridine rings is 4. The minimum Gasteiger partial charge on any atom is -0.265 e. The van der Waals surface area contributed by atoms with Gasteiger partial charge in [-0.15, -0.1) is 0 Å². The second kappa shape index (κ2) is 10.1. The fraction of sp³-hybridized carbons (Fsp3) is 0. The van der Waals surface area contributed by atoms with Crippen LogP contribution in [0.2, 0.25) is 0 Å². The summed E-state index contributed by atoms with van der Waals surface area (Å²) in [5.41, 5.74) is 4.36. The molecule has 0 amide bonds. The molecule has 0 aliphatic rings. The topological polar surface area (TPSA) is 51.6 Å². The van der Waals surface area contributed by atoms with E-state index in [0.29, 0.717) is 0 Å². The zero-order valence-electron chi connectivity index (χ0n) is 20.1. The van der Waals surface area contributed by atoms with E-state index >= 15 is 0 Å². The van der Waals surface area contributed by atoms with Crippen LogP contribution in [0.25, 0.3) is 22.3 Å². The van der Waals surface area contributed by atoms with Crippen molar-refractivity contribution in [1.29, 1.82) is 0 Å². The number of benzene rings is 2. The Morgan fingerprint density at radius 1 is 0.378 bits per heavy atom. The lowest BCUT2D eigenvalue weighted by atomic mass is 10.1. The highest BCUT2D eigenvalue weighted by atomic mass is 28.3. The van der Waals surface area contributed by atoms with Gasteiger partial charge in [0, 0.05) is 58.9 Å². The second-order valence-corrected chi connectivity index (χ2v) is 12.4. The quantitative estimate of drug-likeness (QED) is 0.330. The summed E-state index contributed by atoms with van der Waals surface area (Å²) < 4.78 is 0. The number of rotatable bonds is 6. The van der Waals surface area contributed by atoms with Crippen molar-refractivity contribution in [3.63, 3.8) is 0 Å². The largest absolute Gasteiger partial charge is 0.265 e. The number of aromatic nitrogens is 4. The van der Waals surface area contributed by atoms with Crippen molar-refractivity contribution in [3.05, 3.63) is 146 Å². The molecule has 37 heavy (non-hydrogen) atoms. The van der Waals surface area contributed by atoms with E-state index in [1.807, 2.05) is 49.3 Å². The molecule has 0 bridgehead atoms. The van der Waals surface area contributed by atoms with Crippen LogP contribution in [-0.4, -0.2) is 28.0 Å². The molecule has 0 saturated carbocycles. The Hall–Kier alpha value is -4.74. The van der Waals surface area contributed by atoms with Crippen molar-refractivity contribution < 1.29 is 0 Å². The van der Waals surface area contributed by atoms with E-state index in [2.05, 4.69) is 107 Å². The third-order valence-corrected chi connectivity index (χ3v) is 11.3. The van der Waals surface area contributed by atoms with Crippen LogP contribution in [0.4, 0.5) is 0 Å². The van der Waals surface area contributed by atoms with Crippen LogP contribution in [0.5, 0.6) is 0 Å². The fourth-order valence-electron chi connectivity index (χ4n) is 5.14. The van der Waals surface area contributed by atoms with E-state index in [1.165, 1.54) is 10.4 Å². The maximum atomic E-state index is 5.18. The molecule has 5 heteroatoms. The second-order valence-electron chi connectivity index (χ2n) is 8.75. The molecule has 0 aliphatic carbocycles. The van der Waals surface area contributed by atoms with Crippen molar-refractivity contribution >= 4 is 29.1 Å². The molecule has 4 nitrogen and oxygen atoms in total. The highest BCUT2D eigenvalue weighted by Crippen LogP contribution is 2.23. The van der Waals surface area contributed by atoms with E-state index < -0.39 is 8.07 Å². The standard InChI is InChI=1S/C32H24N4Si/c1-3-9-27(10-4-1)37(28-11-5-2-6-12-28,31-29(13-7-19-35-31)25-15-21-33-22-16-25)32-30(14-8-20-36-32)26-17-23-34-24-18-26/h1-24H. The van der Waals surface area contributed by atoms with Crippen LogP contribution in [-0.2, 0) is 0 Å². The molecule has 4 heterocycles. The van der Waals surface area contributed by atoms with Crippen LogP contribution in [0.1, 0.15) is 0 Å². The van der Waals surface area contributed by atoms with E-state index in [9.17, 15) is 0 Å². The Morgan fingerprint density at radius 3 is 1.19 bits per heavy atom. The lowest BCUT2D eigenvalue weighted by Gasteiger charge is -2.35. The van der Waals surface area contributed by atoms with Gasteiger partial charge in [0.1, 0.15) is 0 Å². The van der Waals surface area contributed by atoms with Crippen LogP contribution < -0.4 is 21.0 Å². The Balaban J connectivity index is 1.80. The first kappa shape index (κ1) is 22.7. The molecule has 2 aromatic carbocycles. The molecule has 0 radical (unpaired) electrons. The van der Waals surface area contributed by atoms with Gasteiger partial charge < -0.3 is 0 Å². The van der Waals surface area contributed by atoms with Gasteiger partial charge in [-0.1, -0.05) is 72.8 Å². The first-order chi connectivity index (χ1) is 18.4.